The van der Waals surface area contributed by atoms with E-state index in [1.54, 1.807) is 0 Å². The fourth-order valence-corrected chi connectivity index (χ4v) is 2.03. The summed E-state index contributed by atoms with van der Waals surface area (Å²) in [6, 6.07) is 0. The summed E-state index contributed by atoms with van der Waals surface area (Å²) >= 11 is 0. The summed E-state index contributed by atoms with van der Waals surface area (Å²) in [5.74, 6) is -0.418. The minimum absolute atomic E-state index is 0.0529. The maximum absolute atomic E-state index is 12.4. The van der Waals surface area contributed by atoms with Gasteiger partial charge in [0, 0.05) is 5.92 Å². The molecule has 0 aromatic carbocycles. The molecule has 0 aromatic heterocycles. The second kappa shape index (κ2) is 5.07. The third-order valence-corrected chi connectivity index (χ3v) is 2.72. The average molecular weight is 189 g/mol. The lowest BCUT2D eigenvalue weighted by Crippen LogP contribution is -2.17. The molecule has 2 atom stereocenters. The van der Waals surface area contributed by atoms with E-state index in [1.807, 2.05) is 0 Å². The van der Waals surface area contributed by atoms with E-state index in [1.165, 1.54) is 6.08 Å². The molecule has 0 amide bonds. The van der Waals surface area contributed by atoms with Gasteiger partial charge in [0.15, 0.2) is 0 Å². The lowest BCUT2D eigenvalue weighted by atomic mass is 9.93. The average Bonchev–Trinajstić information content (AvgIpc) is 2.53. The molecule has 1 saturated carbocycles. The summed E-state index contributed by atoms with van der Waals surface area (Å²) in [5.41, 5.74) is 0. The highest BCUT2D eigenvalue weighted by molar-refractivity contribution is 5.32. The van der Waals surface area contributed by atoms with Crippen molar-refractivity contribution in [1.29, 1.82) is 0 Å². The molecule has 1 rings (SSSR count). The molecular weight excluding hydrogens is 176 g/mol. The first-order chi connectivity index (χ1) is 6.25. The van der Waals surface area contributed by atoms with E-state index in [9.17, 15) is 13.6 Å². The number of aliphatic imine (C=N–C) groups is 1. The van der Waals surface area contributed by atoms with Crippen LogP contribution in [0.1, 0.15) is 25.7 Å². The predicted octanol–water partition coefficient (Wildman–Crippen LogP) is 2.39. The van der Waals surface area contributed by atoms with Gasteiger partial charge >= 0.3 is 0 Å². The van der Waals surface area contributed by atoms with E-state index in [0.29, 0.717) is 19.4 Å². The predicted molar refractivity (Wildman–Crippen MR) is 44.4 cm³/mol. The van der Waals surface area contributed by atoms with Crippen LogP contribution in [0.3, 0.4) is 0 Å². The summed E-state index contributed by atoms with van der Waals surface area (Å²) < 4.78 is 24.8. The number of halogens is 2. The van der Waals surface area contributed by atoms with Crippen LogP contribution in [-0.4, -0.2) is 19.1 Å². The van der Waals surface area contributed by atoms with Crippen molar-refractivity contribution < 1.29 is 13.6 Å². The molecule has 0 saturated heterocycles. The van der Waals surface area contributed by atoms with Crippen LogP contribution in [0.15, 0.2) is 4.99 Å². The Hall–Kier alpha value is -0.760. The molecule has 1 aliphatic carbocycles. The highest BCUT2D eigenvalue weighted by atomic mass is 19.3. The third kappa shape index (κ3) is 2.88. The normalized spacial score (nSPS) is 27.6. The van der Waals surface area contributed by atoms with Gasteiger partial charge in [0.1, 0.15) is 0 Å². The molecule has 0 aliphatic heterocycles. The molecule has 1 fully saturated rings. The van der Waals surface area contributed by atoms with Crippen LogP contribution in [0.25, 0.3) is 0 Å². The van der Waals surface area contributed by atoms with Crippen LogP contribution in [0, 0.1) is 11.8 Å². The number of hydrogen-bond acceptors (Lipinski definition) is 2. The summed E-state index contributed by atoms with van der Waals surface area (Å²) in [5, 5.41) is 0. The van der Waals surface area contributed by atoms with Crippen LogP contribution in [0.5, 0.6) is 0 Å². The topological polar surface area (TPSA) is 29.4 Å². The largest absolute Gasteiger partial charge is 0.241 e. The first kappa shape index (κ1) is 10.3. The Kier molecular flexibility index (Phi) is 4.03. The van der Waals surface area contributed by atoms with E-state index in [4.69, 9.17) is 0 Å². The highest BCUT2D eigenvalue weighted by Crippen LogP contribution is 2.37. The van der Waals surface area contributed by atoms with Crippen molar-refractivity contribution in [3.05, 3.63) is 0 Å². The second-order valence-electron chi connectivity index (χ2n) is 3.45. The number of nitrogens with zero attached hydrogens (tertiary/aromatic N) is 1. The Morgan fingerprint density at radius 1 is 1.46 bits per heavy atom. The maximum atomic E-state index is 12.4. The summed E-state index contributed by atoms with van der Waals surface area (Å²) in [4.78, 5) is 13.1. The number of alkyl halides is 2. The van der Waals surface area contributed by atoms with E-state index in [2.05, 4.69) is 4.99 Å². The molecule has 74 valence electrons. The van der Waals surface area contributed by atoms with E-state index < -0.39 is 12.3 Å². The maximum Gasteiger partial charge on any atom is 0.241 e. The standard InChI is InChI=1S/C9H13F2NO/c10-9(11)8-3-1-2-7(8)4-5-12-6-13/h7-9H,1-5H2. The first-order valence-electron chi connectivity index (χ1n) is 4.57. The van der Waals surface area contributed by atoms with Crippen molar-refractivity contribution in [2.24, 2.45) is 16.8 Å². The van der Waals surface area contributed by atoms with Gasteiger partial charge in [-0.25, -0.2) is 18.6 Å². The van der Waals surface area contributed by atoms with Crippen LogP contribution in [0.2, 0.25) is 0 Å². The Labute approximate surface area is 76.0 Å². The van der Waals surface area contributed by atoms with Crippen molar-refractivity contribution in [3.63, 3.8) is 0 Å². The van der Waals surface area contributed by atoms with E-state index in [-0.39, 0.29) is 5.92 Å². The molecule has 0 spiro atoms. The first-order valence-corrected chi connectivity index (χ1v) is 4.57. The lowest BCUT2D eigenvalue weighted by molar-refractivity contribution is 0.0548. The Bertz CT molecular complexity index is 202. The molecule has 0 heterocycles. The molecule has 2 nitrogen and oxygen atoms in total. The summed E-state index contributed by atoms with van der Waals surface area (Å²) in [6.07, 6.45) is 2.16. The van der Waals surface area contributed by atoms with Crippen molar-refractivity contribution in [3.8, 4) is 0 Å². The van der Waals surface area contributed by atoms with Gasteiger partial charge in [0.25, 0.3) is 0 Å². The Morgan fingerprint density at radius 3 is 2.85 bits per heavy atom. The van der Waals surface area contributed by atoms with Gasteiger partial charge in [-0.15, -0.1) is 0 Å². The van der Waals surface area contributed by atoms with Gasteiger partial charge < -0.3 is 0 Å². The van der Waals surface area contributed by atoms with Crippen LogP contribution >= 0.6 is 0 Å². The minimum Gasteiger partial charge on any atom is -0.211 e. The fourth-order valence-electron chi connectivity index (χ4n) is 2.03. The van der Waals surface area contributed by atoms with Crippen LogP contribution < -0.4 is 0 Å². The molecule has 0 N–H and O–H groups in total. The monoisotopic (exact) mass is 189 g/mol. The van der Waals surface area contributed by atoms with Crippen molar-refractivity contribution in [1.82, 2.24) is 0 Å². The number of rotatable bonds is 4. The minimum atomic E-state index is -2.22. The van der Waals surface area contributed by atoms with Gasteiger partial charge in [-0.3, -0.25) is 0 Å². The van der Waals surface area contributed by atoms with Crippen LogP contribution in [0.4, 0.5) is 8.78 Å². The van der Waals surface area contributed by atoms with Gasteiger partial charge in [0.05, 0.1) is 6.54 Å². The van der Waals surface area contributed by atoms with E-state index >= 15 is 0 Å². The molecule has 0 bridgehead atoms. The Morgan fingerprint density at radius 2 is 2.23 bits per heavy atom. The summed E-state index contributed by atoms with van der Waals surface area (Å²) in [6.45, 7) is 0.345. The zero-order valence-corrected chi connectivity index (χ0v) is 7.38. The highest BCUT2D eigenvalue weighted by Gasteiger charge is 2.33. The van der Waals surface area contributed by atoms with Gasteiger partial charge in [0.2, 0.25) is 12.5 Å². The quantitative estimate of drug-likeness (QED) is 0.493. The van der Waals surface area contributed by atoms with Gasteiger partial charge in [-0.1, -0.05) is 6.42 Å². The second-order valence-corrected chi connectivity index (χ2v) is 3.45. The zero-order chi connectivity index (χ0) is 9.68. The summed E-state index contributed by atoms with van der Waals surface area (Å²) in [7, 11) is 0. The molecular formula is C9H13F2NO. The molecule has 13 heavy (non-hydrogen) atoms. The molecule has 2 unspecified atom stereocenters. The van der Waals surface area contributed by atoms with Crippen LogP contribution in [-0.2, 0) is 4.79 Å². The van der Waals surface area contributed by atoms with Crippen molar-refractivity contribution >= 4 is 6.08 Å². The number of hydrogen-bond donors (Lipinski definition) is 0. The SMILES string of the molecule is O=C=NCCC1CCCC1C(F)F. The molecule has 1 aliphatic rings. The fraction of sp³-hybridized carbons (Fsp3) is 0.889. The lowest BCUT2D eigenvalue weighted by Gasteiger charge is -2.16. The molecule has 4 heteroatoms. The van der Waals surface area contributed by atoms with E-state index in [0.717, 1.165) is 12.8 Å². The third-order valence-electron chi connectivity index (χ3n) is 2.72. The zero-order valence-electron chi connectivity index (χ0n) is 7.38. The molecule has 0 aromatic rings. The number of carbonyl (C=O) groups excluding carboxylic acids is 1. The number of isocyanates is 1. The molecule has 0 radical (unpaired) electrons. The van der Waals surface area contributed by atoms with Gasteiger partial charge in [-0.2, -0.15) is 0 Å². The van der Waals surface area contributed by atoms with Gasteiger partial charge in [-0.05, 0) is 25.2 Å². The van der Waals surface area contributed by atoms with Crippen molar-refractivity contribution in [2.75, 3.05) is 6.54 Å². The Balaban J connectivity index is 2.35. The van der Waals surface area contributed by atoms with Crippen molar-refractivity contribution in [2.45, 2.75) is 32.1 Å². The smallest absolute Gasteiger partial charge is 0.211 e.